The van der Waals surface area contributed by atoms with Gasteiger partial charge in [0.25, 0.3) is 0 Å². The molecule has 3 N–H and O–H groups in total. The molecular weight excluding hydrogens is 258 g/mol. The fourth-order valence-corrected chi connectivity index (χ4v) is 3.91. The number of aromatic nitrogens is 2. The van der Waals surface area contributed by atoms with Gasteiger partial charge in [0.2, 0.25) is 0 Å². The van der Waals surface area contributed by atoms with E-state index in [1.165, 1.54) is 25.0 Å². The number of halogens is 1. The first-order chi connectivity index (χ1) is 9.25. The summed E-state index contributed by atoms with van der Waals surface area (Å²) in [5.74, 6) is 2.95. The van der Waals surface area contributed by atoms with Crippen molar-refractivity contribution in [3.63, 3.8) is 0 Å². The fraction of sp³-hybridized carbons (Fsp3) is 0.400. The highest BCUT2D eigenvalue weighted by Crippen LogP contribution is 2.64. The van der Waals surface area contributed by atoms with Gasteiger partial charge in [-0.05, 0) is 42.4 Å². The Hall–Kier alpha value is -1.48. The summed E-state index contributed by atoms with van der Waals surface area (Å²) in [6.07, 6.45) is 4.09. The maximum atomic E-state index is 6.05. The number of nitrogens with zero attached hydrogens (tertiary/aromatic N) is 1. The van der Waals surface area contributed by atoms with E-state index in [9.17, 15) is 0 Å². The highest BCUT2D eigenvalue weighted by atomic mass is 35.5. The van der Waals surface area contributed by atoms with E-state index in [1.807, 2.05) is 24.3 Å². The number of hydrogen-bond acceptors (Lipinski definition) is 2. The number of hydrogen-bond donors (Lipinski definition) is 2. The molecule has 2 unspecified atom stereocenters. The summed E-state index contributed by atoms with van der Waals surface area (Å²) in [5, 5.41) is 8.14. The third kappa shape index (κ3) is 1.68. The Kier molecular flexibility index (Phi) is 2.39. The molecule has 0 aliphatic heterocycles. The van der Waals surface area contributed by atoms with Crippen LogP contribution in [-0.2, 0) is 0 Å². The van der Waals surface area contributed by atoms with E-state index in [2.05, 4.69) is 10.2 Å². The first kappa shape index (κ1) is 11.4. The molecule has 4 heteroatoms. The molecule has 4 rings (SSSR count). The van der Waals surface area contributed by atoms with Gasteiger partial charge in [-0.3, -0.25) is 5.10 Å². The van der Waals surface area contributed by atoms with Crippen LogP contribution in [0.4, 0.5) is 5.82 Å². The zero-order valence-corrected chi connectivity index (χ0v) is 11.3. The molecule has 2 aliphatic rings. The van der Waals surface area contributed by atoms with Crippen LogP contribution in [0, 0.1) is 11.8 Å². The molecule has 19 heavy (non-hydrogen) atoms. The Morgan fingerprint density at radius 2 is 1.84 bits per heavy atom. The molecule has 0 saturated heterocycles. The summed E-state index contributed by atoms with van der Waals surface area (Å²) >= 11 is 5.95. The lowest BCUT2D eigenvalue weighted by molar-refractivity contribution is 0.670. The quantitative estimate of drug-likeness (QED) is 0.874. The molecule has 1 heterocycles. The van der Waals surface area contributed by atoms with E-state index in [0.29, 0.717) is 11.7 Å². The molecule has 2 aliphatic carbocycles. The molecule has 2 atom stereocenters. The molecule has 0 amide bonds. The third-order valence-electron chi connectivity index (χ3n) is 4.70. The molecule has 1 aromatic carbocycles. The van der Waals surface area contributed by atoms with Crippen LogP contribution in [0.15, 0.2) is 24.3 Å². The Labute approximate surface area is 117 Å². The molecule has 98 valence electrons. The van der Waals surface area contributed by atoms with Gasteiger partial charge in [-0.2, -0.15) is 5.10 Å². The number of nitrogens with one attached hydrogen (secondary N) is 1. The standard InChI is InChI=1S/C15H16ClN3/c16-9-6-4-8(5-7-9)12-14(18-19-15(12)17)13-10-2-1-3-11(10)13/h4-7,10-11,13H,1-3H2,(H3,17,18,19). The maximum Gasteiger partial charge on any atom is 0.153 e. The van der Waals surface area contributed by atoms with Crippen molar-refractivity contribution in [1.29, 1.82) is 0 Å². The number of fused-ring (bicyclic) bond motifs is 1. The summed E-state index contributed by atoms with van der Waals surface area (Å²) in [6.45, 7) is 0. The van der Waals surface area contributed by atoms with Crippen molar-refractivity contribution in [1.82, 2.24) is 10.2 Å². The van der Waals surface area contributed by atoms with Crippen LogP contribution in [0.1, 0.15) is 30.9 Å². The first-order valence-corrected chi connectivity index (χ1v) is 7.23. The van der Waals surface area contributed by atoms with Gasteiger partial charge in [0.15, 0.2) is 5.82 Å². The molecule has 2 fully saturated rings. The van der Waals surface area contributed by atoms with Gasteiger partial charge in [-0.1, -0.05) is 30.2 Å². The third-order valence-corrected chi connectivity index (χ3v) is 4.95. The van der Waals surface area contributed by atoms with E-state index >= 15 is 0 Å². The minimum atomic E-state index is 0.599. The normalized spacial score (nSPS) is 28.4. The Morgan fingerprint density at radius 3 is 2.53 bits per heavy atom. The van der Waals surface area contributed by atoms with Gasteiger partial charge in [0.05, 0.1) is 0 Å². The van der Waals surface area contributed by atoms with Crippen LogP contribution >= 0.6 is 11.6 Å². The first-order valence-electron chi connectivity index (χ1n) is 6.85. The fourth-order valence-electron chi connectivity index (χ4n) is 3.78. The average Bonchev–Trinajstić information content (AvgIpc) is 2.78. The number of anilines is 1. The minimum Gasteiger partial charge on any atom is -0.382 e. The van der Waals surface area contributed by atoms with Crippen molar-refractivity contribution in [3.8, 4) is 11.1 Å². The zero-order valence-electron chi connectivity index (χ0n) is 10.6. The van der Waals surface area contributed by atoms with Gasteiger partial charge in [-0.25, -0.2) is 0 Å². The van der Waals surface area contributed by atoms with Crippen LogP contribution in [0.2, 0.25) is 5.02 Å². The van der Waals surface area contributed by atoms with E-state index in [0.717, 1.165) is 28.0 Å². The van der Waals surface area contributed by atoms with Gasteiger partial charge < -0.3 is 5.73 Å². The summed E-state index contributed by atoms with van der Waals surface area (Å²) < 4.78 is 0. The van der Waals surface area contributed by atoms with Crippen molar-refractivity contribution in [2.24, 2.45) is 11.8 Å². The second-order valence-electron chi connectivity index (χ2n) is 5.69. The highest BCUT2D eigenvalue weighted by Gasteiger charge is 2.54. The van der Waals surface area contributed by atoms with Gasteiger partial charge in [0.1, 0.15) is 0 Å². The monoisotopic (exact) mass is 273 g/mol. The zero-order chi connectivity index (χ0) is 13.0. The lowest BCUT2D eigenvalue weighted by Crippen LogP contribution is -1.93. The van der Waals surface area contributed by atoms with E-state index in [-0.39, 0.29) is 0 Å². The van der Waals surface area contributed by atoms with Crippen LogP contribution in [0.5, 0.6) is 0 Å². The average molecular weight is 274 g/mol. The molecular formula is C15H16ClN3. The smallest absolute Gasteiger partial charge is 0.153 e. The number of rotatable bonds is 2. The topological polar surface area (TPSA) is 54.7 Å². The van der Waals surface area contributed by atoms with Crippen LogP contribution in [-0.4, -0.2) is 10.2 Å². The van der Waals surface area contributed by atoms with Crippen LogP contribution < -0.4 is 5.73 Å². The Bertz CT molecular complexity index is 607. The maximum absolute atomic E-state index is 6.05. The molecule has 2 saturated carbocycles. The summed E-state index contributed by atoms with van der Waals surface area (Å²) in [5.41, 5.74) is 9.47. The molecule has 2 aromatic rings. The molecule has 1 aromatic heterocycles. The second-order valence-corrected chi connectivity index (χ2v) is 6.13. The molecule has 0 bridgehead atoms. The minimum absolute atomic E-state index is 0.599. The van der Waals surface area contributed by atoms with E-state index in [4.69, 9.17) is 17.3 Å². The van der Waals surface area contributed by atoms with Crippen molar-refractivity contribution in [2.75, 3.05) is 5.73 Å². The summed E-state index contributed by atoms with van der Waals surface area (Å²) in [6, 6.07) is 7.85. The lowest BCUT2D eigenvalue weighted by atomic mass is 9.99. The Morgan fingerprint density at radius 1 is 1.16 bits per heavy atom. The highest BCUT2D eigenvalue weighted by molar-refractivity contribution is 6.30. The molecule has 0 spiro atoms. The van der Waals surface area contributed by atoms with Gasteiger partial charge in [0, 0.05) is 22.2 Å². The SMILES string of the molecule is Nc1n[nH]c(C2C3CCCC32)c1-c1ccc(Cl)cc1. The number of nitrogen functional groups attached to an aromatic ring is 1. The predicted octanol–water partition coefficient (Wildman–Crippen LogP) is 3.83. The summed E-state index contributed by atoms with van der Waals surface area (Å²) in [7, 11) is 0. The van der Waals surface area contributed by atoms with E-state index < -0.39 is 0 Å². The van der Waals surface area contributed by atoms with Crippen LogP contribution in [0.3, 0.4) is 0 Å². The molecule has 3 nitrogen and oxygen atoms in total. The van der Waals surface area contributed by atoms with Gasteiger partial charge >= 0.3 is 0 Å². The van der Waals surface area contributed by atoms with E-state index in [1.54, 1.807) is 0 Å². The number of H-pyrrole nitrogens is 1. The second kappa shape index (κ2) is 4.01. The summed E-state index contributed by atoms with van der Waals surface area (Å²) in [4.78, 5) is 0. The van der Waals surface area contributed by atoms with Gasteiger partial charge in [-0.15, -0.1) is 0 Å². The molecule has 0 radical (unpaired) electrons. The van der Waals surface area contributed by atoms with Crippen molar-refractivity contribution in [3.05, 3.63) is 35.0 Å². The number of aromatic amines is 1. The van der Waals surface area contributed by atoms with Crippen molar-refractivity contribution < 1.29 is 0 Å². The largest absolute Gasteiger partial charge is 0.382 e. The Balaban J connectivity index is 1.75. The van der Waals surface area contributed by atoms with Crippen LogP contribution in [0.25, 0.3) is 11.1 Å². The number of nitrogens with two attached hydrogens (primary N) is 1. The lowest BCUT2D eigenvalue weighted by Gasteiger charge is -2.06. The van der Waals surface area contributed by atoms with Crippen molar-refractivity contribution in [2.45, 2.75) is 25.2 Å². The predicted molar refractivity (Wildman–Crippen MR) is 77.0 cm³/mol. The van der Waals surface area contributed by atoms with Crippen molar-refractivity contribution >= 4 is 17.4 Å². The number of benzene rings is 1.